The predicted molar refractivity (Wildman–Crippen MR) is 75.8 cm³/mol. The molecule has 0 aromatic heterocycles. The van der Waals surface area contributed by atoms with Gasteiger partial charge in [-0.2, -0.15) is 0 Å². The molecule has 1 saturated heterocycles. The Labute approximate surface area is 110 Å². The quantitative estimate of drug-likeness (QED) is 0.864. The Balaban J connectivity index is 0.000000771. The van der Waals surface area contributed by atoms with Crippen LogP contribution in [-0.2, 0) is 0 Å². The number of ether oxygens (including phenoxy) is 2. The highest BCUT2D eigenvalue weighted by atomic mass is 16.5. The summed E-state index contributed by atoms with van der Waals surface area (Å²) in [6, 6.07) is 6.34. The van der Waals surface area contributed by atoms with Crippen molar-refractivity contribution in [3.63, 3.8) is 0 Å². The van der Waals surface area contributed by atoms with Gasteiger partial charge in [-0.05, 0) is 13.0 Å². The molecule has 0 saturated carbocycles. The van der Waals surface area contributed by atoms with Crippen LogP contribution in [0.15, 0.2) is 18.2 Å². The van der Waals surface area contributed by atoms with Crippen LogP contribution in [0.1, 0.15) is 20.3 Å². The molecule has 1 aliphatic rings. The van der Waals surface area contributed by atoms with E-state index in [9.17, 15) is 0 Å². The van der Waals surface area contributed by atoms with E-state index >= 15 is 0 Å². The van der Waals surface area contributed by atoms with Gasteiger partial charge in [0.2, 0.25) is 0 Å². The molecule has 4 nitrogen and oxygen atoms in total. The summed E-state index contributed by atoms with van der Waals surface area (Å²) in [5, 5.41) is 6.79. The Morgan fingerprint density at radius 3 is 2.17 bits per heavy atom. The normalized spacial score (nSPS) is 17.7. The Bertz CT molecular complexity index is 327. The molecule has 2 rings (SSSR count). The third-order valence-electron chi connectivity index (χ3n) is 2.78. The molecule has 1 unspecified atom stereocenters. The maximum absolute atomic E-state index is 5.23. The first kappa shape index (κ1) is 14.6. The molecule has 1 heterocycles. The summed E-state index contributed by atoms with van der Waals surface area (Å²) in [6.45, 7) is 6.10. The molecule has 2 N–H and O–H groups in total. The van der Waals surface area contributed by atoms with E-state index in [1.54, 1.807) is 14.2 Å². The first-order chi connectivity index (χ1) is 8.81. The highest BCUT2D eigenvalue weighted by Gasteiger charge is 2.14. The second-order valence-corrected chi connectivity index (χ2v) is 3.94. The standard InChI is InChI=1S/C12H18N2O2.C2H6/c1-15-11-5-10(6-12(7-11)16-2)14-9-3-4-13-8-9;1-2/h5-7,9,13-14H,3-4,8H2,1-2H3;1-2H3. The van der Waals surface area contributed by atoms with E-state index in [2.05, 4.69) is 10.6 Å². The van der Waals surface area contributed by atoms with Crippen molar-refractivity contribution in [2.45, 2.75) is 26.3 Å². The van der Waals surface area contributed by atoms with E-state index in [0.29, 0.717) is 6.04 Å². The molecular formula is C14H24N2O2. The highest BCUT2D eigenvalue weighted by Crippen LogP contribution is 2.26. The van der Waals surface area contributed by atoms with Crippen molar-refractivity contribution in [3.05, 3.63) is 18.2 Å². The molecule has 18 heavy (non-hydrogen) atoms. The second kappa shape index (κ2) is 7.82. The molecule has 0 amide bonds. The van der Waals surface area contributed by atoms with Gasteiger partial charge in [0.1, 0.15) is 11.5 Å². The number of hydrogen-bond acceptors (Lipinski definition) is 4. The minimum Gasteiger partial charge on any atom is -0.497 e. The molecule has 102 valence electrons. The monoisotopic (exact) mass is 252 g/mol. The lowest BCUT2D eigenvalue weighted by molar-refractivity contribution is 0.394. The predicted octanol–water partition coefficient (Wildman–Crippen LogP) is 2.50. The number of nitrogens with one attached hydrogen (secondary N) is 2. The molecule has 0 radical (unpaired) electrons. The van der Waals surface area contributed by atoms with Gasteiger partial charge in [-0.15, -0.1) is 0 Å². The van der Waals surface area contributed by atoms with Crippen molar-refractivity contribution in [1.29, 1.82) is 0 Å². The summed E-state index contributed by atoms with van der Waals surface area (Å²) in [6.07, 6.45) is 1.15. The third kappa shape index (κ3) is 4.11. The van der Waals surface area contributed by atoms with Crippen molar-refractivity contribution in [2.75, 3.05) is 32.6 Å². The Kier molecular flexibility index (Phi) is 6.36. The number of methoxy groups -OCH3 is 2. The fourth-order valence-electron chi connectivity index (χ4n) is 1.90. The fraction of sp³-hybridized carbons (Fsp3) is 0.571. The summed E-state index contributed by atoms with van der Waals surface area (Å²) in [7, 11) is 3.32. The van der Waals surface area contributed by atoms with Crippen molar-refractivity contribution < 1.29 is 9.47 Å². The van der Waals surface area contributed by atoms with Crippen LogP contribution in [0.25, 0.3) is 0 Å². The molecular weight excluding hydrogens is 228 g/mol. The minimum absolute atomic E-state index is 0.497. The van der Waals surface area contributed by atoms with E-state index in [-0.39, 0.29) is 0 Å². The van der Waals surface area contributed by atoms with Crippen LogP contribution in [0.3, 0.4) is 0 Å². The molecule has 1 atom stereocenters. The number of benzene rings is 1. The smallest absolute Gasteiger partial charge is 0.124 e. The number of anilines is 1. The Morgan fingerprint density at radius 2 is 1.72 bits per heavy atom. The van der Waals surface area contributed by atoms with Crippen LogP contribution >= 0.6 is 0 Å². The molecule has 1 fully saturated rings. The van der Waals surface area contributed by atoms with Crippen LogP contribution in [0, 0.1) is 0 Å². The molecule has 0 aliphatic carbocycles. The Morgan fingerprint density at radius 1 is 1.11 bits per heavy atom. The summed E-state index contributed by atoms with van der Waals surface area (Å²) in [5.41, 5.74) is 1.05. The maximum Gasteiger partial charge on any atom is 0.124 e. The van der Waals surface area contributed by atoms with Gasteiger partial charge in [-0.1, -0.05) is 13.8 Å². The van der Waals surface area contributed by atoms with Crippen LogP contribution in [0.2, 0.25) is 0 Å². The van der Waals surface area contributed by atoms with Gasteiger partial charge in [0.05, 0.1) is 14.2 Å². The van der Waals surface area contributed by atoms with Gasteiger partial charge < -0.3 is 20.1 Å². The number of rotatable bonds is 4. The molecule has 1 aromatic rings. The van der Waals surface area contributed by atoms with E-state index in [4.69, 9.17) is 9.47 Å². The lowest BCUT2D eigenvalue weighted by Crippen LogP contribution is -2.22. The van der Waals surface area contributed by atoms with Gasteiger partial charge in [0, 0.05) is 36.5 Å². The number of hydrogen-bond donors (Lipinski definition) is 2. The molecule has 0 bridgehead atoms. The van der Waals surface area contributed by atoms with Crippen LogP contribution in [0.5, 0.6) is 11.5 Å². The molecule has 1 aliphatic heterocycles. The highest BCUT2D eigenvalue weighted by molar-refractivity contribution is 5.54. The van der Waals surface area contributed by atoms with Crippen LogP contribution in [0.4, 0.5) is 5.69 Å². The van der Waals surface area contributed by atoms with E-state index in [1.165, 1.54) is 0 Å². The van der Waals surface area contributed by atoms with Crippen molar-refractivity contribution >= 4 is 5.69 Å². The van der Waals surface area contributed by atoms with E-state index < -0.39 is 0 Å². The van der Waals surface area contributed by atoms with Crippen LogP contribution in [-0.4, -0.2) is 33.4 Å². The first-order valence-electron chi connectivity index (χ1n) is 6.52. The molecule has 0 spiro atoms. The van der Waals surface area contributed by atoms with Crippen molar-refractivity contribution in [3.8, 4) is 11.5 Å². The minimum atomic E-state index is 0.497. The van der Waals surface area contributed by atoms with Gasteiger partial charge in [-0.25, -0.2) is 0 Å². The van der Waals surface area contributed by atoms with E-state index in [0.717, 1.165) is 36.7 Å². The van der Waals surface area contributed by atoms with E-state index in [1.807, 2.05) is 32.0 Å². The SMILES string of the molecule is CC.COc1cc(NC2CCNC2)cc(OC)c1. The summed E-state index contributed by atoms with van der Waals surface area (Å²) in [5.74, 6) is 1.63. The topological polar surface area (TPSA) is 42.5 Å². The Hall–Kier alpha value is -1.42. The lowest BCUT2D eigenvalue weighted by Gasteiger charge is -2.15. The zero-order chi connectivity index (χ0) is 13.4. The lowest BCUT2D eigenvalue weighted by atomic mass is 10.2. The summed E-state index contributed by atoms with van der Waals surface area (Å²) in [4.78, 5) is 0. The molecule has 1 aromatic carbocycles. The average molecular weight is 252 g/mol. The van der Waals surface area contributed by atoms with Crippen molar-refractivity contribution in [2.24, 2.45) is 0 Å². The van der Waals surface area contributed by atoms with Crippen LogP contribution < -0.4 is 20.1 Å². The molecule has 4 heteroatoms. The van der Waals surface area contributed by atoms with Gasteiger partial charge >= 0.3 is 0 Å². The second-order valence-electron chi connectivity index (χ2n) is 3.94. The maximum atomic E-state index is 5.23. The van der Waals surface area contributed by atoms with Gasteiger partial charge in [0.25, 0.3) is 0 Å². The first-order valence-corrected chi connectivity index (χ1v) is 6.52. The zero-order valence-electron chi connectivity index (χ0n) is 11.7. The summed E-state index contributed by atoms with van der Waals surface area (Å²) < 4.78 is 10.5. The summed E-state index contributed by atoms with van der Waals surface area (Å²) >= 11 is 0. The van der Waals surface area contributed by atoms with Crippen molar-refractivity contribution in [1.82, 2.24) is 5.32 Å². The largest absolute Gasteiger partial charge is 0.497 e. The average Bonchev–Trinajstić information content (AvgIpc) is 2.93. The third-order valence-corrected chi connectivity index (χ3v) is 2.78. The fourth-order valence-corrected chi connectivity index (χ4v) is 1.90. The van der Waals surface area contributed by atoms with Gasteiger partial charge in [0.15, 0.2) is 0 Å². The zero-order valence-corrected chi connectivity index (χ0v) is 11.7. The van der Waals surface area contributed by atoms with Gasteiger partial charge in [-0.3, -0.25) is 0 Å².